The Morgan fingerprint density at radius 1 is 1.06 bits per heavy atom. The Morgan fingerprint density at radius 3 is 2.58 bits per heavy atom. The molecule has 2 aromatic heterocycles. The standard InChI is InChI=1S/C24H22N6O2S/c1-2-32-21-13-11-20(12-14-21)30-23(18-8-4-3-5-9-18)28-29-24(30)33-17-22(31)27-26-16-19-10-6-7-15-25-19/h3-16H,2,17H2,1H3,(H,27,31)/b26-16-. The quantitative estimate of drug-likeness (QED) is 0.232. The first kappa shape index (κ1) is 22.2. The monoisotopic (exact) mass is 458 g/mol. The zero-order valence-electron chi connectivity index (χ0n) is 18.0. The van der Waals surface area contributed by atoms with Gasteiger partial charge in [0.15, 0.2) is 11.0 Å². The van der Waals surface area contributed by atoms with E-state index in [1.165, 1.54) is 18.0 Å². The summed E-state index contributed by atoms with van der Waals surface area (Å²) in [5.41, 5.74) is 4.98. The second kappa shape index (κ2) is 11.1. The lowest BCUT2D eigenvalue weighted by atomic mass is 10.2. The highest BCUT2D eigenvalue weighted by Crippen LogP contribution is 2.28. The number of nitrogens with zero attached hydrogens (tertiary/aromatic N) is 5. The predicted molar refractivity (Wildman–Crippen MR) is 129 cm³/mol. The molecule has 1 N–H and O–H groups in total. The molecule has 0 aliphatic heterocycles. The number of pyridine rings is 1. The minimum absolute atomic E-state index is 0.128. The highest BCUT2D eigenvalue weighted by Gasteiger charge is 2.17. The van der Waals surface area contributed by atoms with Crippen molar-refractivity contribution in [3.63, 3.8) is 0 Å². The van der Waals surface area contributed by atoms with E-state index in [4.69, 9.17) is 4.74 Å². The summed E-state index contributed by atoms with van der Waals surface area (Å²) in [5.74, 6) is 1.35. The number of thioether (sulfide) groups is 1. The third-order valence-electron chi connectivity index (χ3n) is 4.48. The Morgan fingerprint density at radius 2 is 1.85 bits per heavy atom. The van der Waals surface area contributed by atoms with Crippen LogP contribution in [0.15, 0.2) is 89.3 Å². The fourth-order valence-electron chi connectivity index (χ4n) is 3.01. The molecule has 0 aliphatic carbocycles. The molecule has 9 heteroatoms. The van der Waals surface area contributed by atoms with Crippen molar-refractivity contribution in [2.75, 3.05) is 12.4 Å². The SMILES string of the molecule is CCOc1ccc(-n2c(SCC(=O)N/N=C\c3ccccn3)nnc2-c2ccccc2)cc1. The second-order valence-corrected chi connectivity index (χ2v) is 7.71. The number of hydrogen-bond donors (Lipinski definition) is 1. The molecule has 0 radical (unpaired) electrons. The number of aromatic nitrogens is 4. The van der Waals surface area contributed by atoms with Crippen LogP contribution in [-0.2, 0) is 4.79 Å². The van der Waals surface area contributed by atoms with E-state index in [9.17, 15) is 4.79 Å². The summed E-state index contributed by atoms with van der Waals surface area (Å²) in [4.78, 5) is 16.4. The fourth-order valence-corrected chi connectivity index (χ4v) is 3.76. The van der Waals surface area contributed by atoms with Gasteiger partial charge in [-0.2, -0.15) is 5.10 Å². The molecule has 0 saturated carbocycles. The Bertz CT molecular complexity index is 1210. The molecule has 0 saturated heterocycles. The van der Waals surface area contributed by atoms with Crippen LogP contribution in [0.4, 0.5) is 0 Å². The third-order valence-corrected chi connectivity index (χ3v) is 5.41. The van der Waals surface area contributed by atoms with Crippen LogP contribution in [0.25, 0.3) is 17.1 Å². The summed E-state index contributed by atoms with van der Waals surface area (Å²) in [6.07, 6.45) is 3.16. The number of benzene rings is 2. The number of hydrazone groups is 1. The third kappa shape index (κ3) is 5.83. The molecule has 1 amide bonds. The molecule has 33 heavy (non-hydrogen) atoms. The minimum Gasteiger partial charge on any atom is -0.494 e. The second-order valence-electron chi connectivity index (χ2n) is 6.77. The maximum atomic E-state index is 12.3. The molecular weight excluding hydrogens is 436 g/mol. The molecule has 2 aromatic carbocycles. The van der Waals surface area contributed by atoms with E-state index < -0.39 is 0 Å². The Balaban J connectivity index is 1.52. The smallest absolute Gasteiger partial charge is 0.250 e. The van der Waals surface area contributed by atoms with Gasteiger partial charge in [0, 0.05) is 17.4 Å². The lowest BCUT2D eigenvalue weighted by molar-refractivity contribution is -0.118. The van der Waals surface area contributed by atoms with Gasteiger partial charge in [-0.15, -0.1) is 10.2 Å². The number of hydrogen-bond acceptors (Lipinski definition) is 7. The molecule has 4 aromatic rings. The number of rotatable bonds is 9. The van der Waals surface area contributed by atoms with E-state index in [0.29, 0.717) is 23.3 Å². The molecule has 166 valence electrons. The van der Waals surface area contributed by atoms with Crippen molar-refractivity contribution in [2.24, 2.45) is 5.10 Å². The average molecular weight is 459 g/mol. The van der Waals surface area contributed by atoms with Gasteiger partial charge < -0.3 is 4.74 Å². The maximum Gasteiger partial charge on any atom is 0.250 e. The molecule has 0 aliphatic rings. The van der Waals surface area contributed by atoms with Crippen LogP contribution in [0.2, 0.25) is 0 Å². The van der Waals surface area contributed by atoms with Gasteiger partial charge in [0.05, 0.1) is 24.3 Å². The highest BCUT2D eigenvalue weighted by molar-refractivity contribution is 7.99. The number of carbonyl (C=O) groups is 1. The summed E-state index contributed by atoms with van der Waals surface area (Å²) in [7, 11) is 0. The lowest BCUT2D eigenvalue weighted by Gasteiger charge is -2.11. The largest absolute Gasteiger partial charge is 0.494 e. The van der Waals surface area contributed by atoms with Crippen molar-refractivity contribution in [1.82, 2.24) is 25.2 Å². The summed E-state index contributed by atoms with van der Waals surface area (Å²) in [6, 6.07) is 23.0. The Labute approximate surface area is 195 Å². The first-order valence-corrected chi connectivity index (χ1v) is 11.3. The number of ether oxygens (including phenoxy) is 1. The topological polar surface area (TPSA) is 94.3 Å². The van der Waals surface area contributed by atoms with E-state index in [1.807, 2.05) is 78.2 Å². The summed E-state index contributed by atoms with van der Waals surface area (Å²) in [5, 5.41) is 13.3. The van der Waals surface area contributed by atoms with Gasteiger partial charge in [-0.25, -0.2) is 5.43 Å². The zero-order chi connectivity index (χ0) is 22.9. The average Bonchev–Trinajstić information content (AvgIpc) is 3.29. The number of carbonyl (C=O) groups excluding carboxylic acids is 1. The Kier molecular flexibility index (Phi) is 7.44. The molecule has 0 bridgehead atoms. The van der Waals surface area contributed by atoms with E-state index in [-0.39, 0.29) is 11.7 Å². The molecule has 0 spiro atoms. The molecule has 2 heterocycles. The molecule has 0 unspecified atom stereocenters. The summed E-state index contributed by atoms with van der Waals surface area (Å²) in [6.45, 7) is 2.54. The molecule has 4 rings (SSSR count). The van der Waals surface area contributed by atoms with Crippen LogP contribution in [0.1, 0.15) is 12.6 Å². The van der Waals surface area contributed by atoms with Crippen molar-refractivity contribution in [2.45, 2.75) is 12.1 Å². The molecule has 8 nitrogen and oxygen atoms in total. The fraction of sp³-hybridized carbons (Fsp3) is 0.125. The summed E-state index contributed by atoms with van der Waals surface area (Å²) < 4.78 is 7.49. The van der Waals surface area contributed by atoms with Crippen LogP contribution in [0.3, 0.4) is 0 Å². The van der Waals surface area contributed by atoms with E-state index in [1.54, 1.807) is 12.3 Å². The van der Waals surface area contributed by atoms with Crippen molar-refractivity contribution in [3.8, 4) is 22.8 Å². The van der Waals surface area contributed by atoms with Gasteiger partial charge in [0.1, 0.15) is 5.75 Å². The van der Waals surface area contributed by atoms with Gasteiger partial charge in [-0.05, 0) is 43.3 Å². The Hall–Kier alpha value is -3.98. The van der Waals surface area contributed by atoms with Crippen LogP contribution < -0.4 is 10.2 Å². The highest BCUT2D eigenvalue weighted by atomic mass is 32.2. The minimum atomic E-state index is -0.255. The van der Waals surface area contributed by atoms with Crippen LogP contribution >= 0.6 is 11.8 Å². The molecule has 0 atom stereocenters. The first-order valence-electron chi connectivity index (χ1n) is 10.3. The zero-order valence-corrected chi connectivity index (χ0v) is 18.8. The van der Waals surface area contributed by atoms with Gasteiger partial charge in [-0.3, -0.25) is 14.3 Å². The van der Waals surface area contributed by atoms with Gasteiger partial charge in [-0.1, -0.05) is 48.2 Å². The first-order chi connectivity index (χ1) is 16.2. The van der Waals surface area contributed by atoms with Crippen molar-refractivity contribution >= 4 is 23.9 Å². The van der Waals surface area contributed by atoms with Crippen molar-refractivity contribution in [3.05, 3.63) is 84.7 Å². The maximum absolute atomic E-state index is 12.3. The van der Waals surface area contributed by atoms with Gasteiger partial charge >= 0.3 is 0 Å². The lowest BCUT2D eigenvalue weighted by Crippen LogP contribution is -2.20. The predicted octanol–water partition coefficient (Wildman–Crippen LogP) is 3.97. The van der Waals surface area contributed by atoms with E-state index >= 15 is 0 Å². The van der Waals surface area contributed by atoms with Crippen LogP contribution in [0.5, 0.6) is 5.75 Å². The summed E-state index contributed by atoms with van der Waals surface area (Å²) >= 11 is 1.28. The molecule has 0 fully saturated rings. The number of nitrogens with one attached hydrogen (secondary N) is 1. The van der Waals surface area contributed by atoms with Gasteiger partial charge in [0.25, 0.3) is 5.91 Å². The number of amides is 1. The van der Waals surface area contributed by atoms with E-state index in [0.717, 1.165) is 17.0 Å². The van der Waals surface area contributed by atoms with Gasteiger partial charge in [0.2, 0.25) is 0 Å². The van der Waals surface area contributed by atoms with Crippen molar-refractivity contribution in [1.29, 1.82) is 0 Å². The normalized spacial score (nSPS) is 10.9. The molecular formula is C24H22N6O2S. The van der Waals surface area contributed by atoms with Crippen LogP contribution in [-0.4, -0.2) is 44.2 Å². The van der Waals surface area contributed by atoms with E-state index in [2.05, 4.69) is 25.7 Å². The van der Waals surface area contributed by atoms with Crippen LogP contribution in [0, 0.1) is 0 Å². The van der Waals surface area contributed by atoms with Crippen molar-refractivity contribution < 1.29 is 9.53 Å².